The lowest BCUT2D eigenvalue weighted by Gasteiger charge is -2.23. The van der Waals surface area contributed by atoms with Crippen molar-refractivity contribution in [1.82, 2.24) is 0 Å². The topological polar surface area (TPSA) is 74.6 Å². The normalized spacial score (nSPS) is 20.1. The third-order valence-corrected chi connectivity index (χ3v) is 2.87. The summed E-state index contributed by atoms with van der Waals surface area (Å²) in [7, 11) is 0. The maximum atomic E-state index is 11.2. The van der Waals surface area contributed by atoms with E-state index in [0.29, 0.717) is 0 Å². The first-order valence-corrected chi connectivity index (χ1v) is 5.98. The second-order valence-corrected chi connectivity index (χ2v) is 4.14. The molecule has 104 valence electrons. The highest BCUT2D eigenvalue weighted by molar-refractivity contribution is 5.96. The van der Waals surface area contributed by atoms with Crippen LogP contribution >= 0.6 is 0 Å². The number of carboxylic acid groups (broad SMARTS) is 2. The first-order chi connectivity index (χ1) is 9.52. The molecule has 0 spiro atoms. The smallest absolute Gasteiger partial charge is 0.322 e. The minimum absolute atomic E-state index is 0.258. The summed E-state index contributed by atoms with van der Waals surface area (Å²) < 4.78 is 0. The van der Waals surface area contributed by atoms with Crippen LogP contribution in [-0.2, 0) is 9.59 Å². The molecular weight excluding hydrogens is 256 g/mol. The van der Waals surface area contributed by atoms with Gasteiger partial charge >= 0.3 is 11.9 Å². The summed E-state index contributed by atoms with van der Waals surface area (Å²) >= 11 is 0. The van der Waals surface area contributed by atoms with E-state index in [1.165, 1.54) is 12.2 Å². The molecule has 0 saturated heterocycles. The highest BCUT2D eigenvalue weighted by atomic mass is 16.4. The molecule has 0 aromatic carbocycles. The molecule has 1 aliphatic rings. The van der Waals surface area contributed by atoms with Crippen molar-refractivity contribution in [3.8, 4) is 0 Å². The van der Waals surface area contributed by atoms with Crippen LogP contribution in [0.2, 0.25) is 0 Å². The Morgan fingerprint density at radius 1 is 1.15 bits per heavy atom. The minimum Gasteiger partial charge on any atom is -0.480 e. The molecular formula is C16H16O4. The second kappa shape index (κ2) is 7.09. The van der Waals surface area contributed by atoms with Gasteiger partial charge in [-0.1, -0.05) is 61.8 Å². The van der Waals surface area contributed by atoms with Crippen LogP contribution in [0.15, 0.2) is 72.9 Å². The predicted octanol–water partition coefficient (Wildman–Crippen LogP) is 2.74. The molecule has 0 heterocycles. The first kappa shape index (κ1) is 15.4. The van der Waals surface area contributed by atoms with Crippen molar-refractivity contribution in [2.45, 2.75) is 0 Å². The largest absolute Gasteiger partial charge is 0.480 e. The van der Waals surface area contributed by atoms with E-state index in [1.807, 2.05) is 0 Å². The molecule has 0 saturated carbocycles. The molecule has 1 atom stereocenters. The van der Waals surface area contributed by atoms with Crippen molar-refractivity contribution in [3.05, 3.63) is 72.9 Å². The standard InChI is InChI=1S/C16H16O4/c1-3-7-11-9-5-6-10-12(11)13(8-4-2)14(15(17)18)16(19)20/h3-10,12,14H,1-2H2,(H,17,18)(H,19,20). The van der Waals surface area contributed by atoms with E-state index in [1.54, 1.807) is 36.5 Å². The zero-order valence-corrected chi connectivity index (χ0v) is 10.9. The van der Waals surface area contributed by atoms with Crippen LogP contribution < -0.4 is 0 Å². The molecule has 0 amide bonds. The van der Waals surface area contributed by atoms with Crippen LogP contribution in [-0.4, -0.2) is 22.2 Å². The molecule has 4 nitrogen and oxygen atoms in total. The third kappa shape index (κ3) is 3.45. The lowest BCUT2D eigenvalue weighted by molar-refractivity contribution is -0.152. The molecule has 1 unspecified atom stereocenters. The van der Waals surface area contributed by atoms with Crippen molar-refractivity contribution < 1.29 is 19.8 Å². The summed E-state index contributed by atoms with van der Waals surface area (Å²) in [5.41, 5.74) is 1.04. The zero-order chi connectivity index (χ0) is 15.1. The van der Waals surface area contributed by atoms with Crippen LogP contribution in [0.1, 0.15) is 0 Å². The lowest BCUT2D eigenvalue weighted by Crippen LogP contribution is -2.29. The summed E-state index contributed by atoms with van der Waals surface area (Å²) in [5, 5.41) is 18.3. The van der Waals surface area contributed by atoms with Gasteiger partial charge in [-0.3, -0.25) is 9.59 Å². The molecule has 0 aromatic rings. The second-order valence-electron chi connectivity index (χ2n) is 4.14. The highest BCUT2D eigenvalue weighted by Gasteiger charge is 2.34. The fourth-order valence-corrected chi connectivity index (χ4v) is 2.06. The molecule has 1 rings (SSSR count). The van der Waals surface area contributed by atoms with E-state index < -0.39 is 23.8 Å². The molecule has 0 fully saturated rings. The summed E-state index contributed by atoms with van der Waals surface area (Å²) in [6.45, 7) is 7.13. The Labute approximate surface area is 117 Å². The zero-order valence-electron chi connectivity index (χ0n) is 10.9. The van der Waals surface area contributed by atoms with Gasteiger partial charge in [-0.15, -0.1) is 0 Å². The van der Waals surface area contributed by atoms with Crippen LogP contribution in [0.5, 0.6) is 0 Å². The highest BCUT2D eigenvalue weighted by Crippen LogP contribution is 2.31. The average molecular weight is 272 g/mol. The Bertz CT molecular complexity index is 533. The van der Waals surface area contributed by atoms with E-state index in [9.17, 15) is 9.59 Å². The predicted molar refractivity (Wildman–Crippen MR) is 77.1 cm³/mol. The van der Waals surface area contributed by atoms with Crippen molar-refractivity contribution >= 4 is 11.9 Å². The Kier molecular flexibility index (Phi) is 5.47. The fraction of sp³-hybridized carbons (Fsp3) is 0.125. The molecule has 2 N–H and O–H groups in total. The van der Waals surface area contributed by atoms with E-state index >= 15 is 0 Å². The Hall–Kier alpha value is -2.62. The number of rotatable bonds is 6. The molecule has 0 radical (unpaired) electrons. The summed E-state index contributed by atoms with van der Waals surface area (Å²) in [5.74, 6) is -4.83. The molecule has 0 aliphatic heterocycles. The van der Waals surface area contributed by atoms with Crippen LogP contribution in [0, 0.1) is 11.8 Å². The maximum absolute atomic E-state index is 11.2. The molecule has 0 bridgehead atoms. The van der Waals surface area contributed by atoms with Crippen molar-refractivity contribution in [2.24, 2.45) is 11.8 Å². The van der Waals surface area contributed by atoms with Crippen LogP contribution in [0.25, 0.3) is 0 Å². The lowest BCUT2D eigenvalue weighted by atomic mass is 9.80. The van der Waals surface area contributed by atoms with Gasteiger partial charge in [-0.05, 0) is 11.1 Å². The van der Waals surface area contributed by atoms with E-state index in [0.717, 1.165) is 5.57 Å². The van der Waals surface area contributed by atoms with Gasteiger partial charge in [0, 0.05) is 5.92 Å². The van der Waals surface area contributed by atoms with E-state index in [-0.39, 0.29) is 5.57 Å². The number of carbonyl (C=O) groups is 2. The fourth-order valence-electron chi connectivity index (χ4n) is 2.06. The van der Waals surface area contributed by atoms with Crippen molar-refractivity contribution in [1.29, 1.82) is 0 Å². The Morgan fingerprint density at radius 3 is 2.30 bits per heavy atom. The summed E-state index contributed by atoms with van der Waals surface area (Å²) in [6, 6.07) is 0. The van der Waals surface area contributed by atoms with Gasteiger partial charge in [-0.25, -0.2) is 0 Å². The quantitative estimate of drug-likeness (QED) is 0.576. The number of allylic oxidation sites excluding steroid dienone is 9. The minimum atomic E-state index is -1.61. The maximum Gasteiger partial charge on any atom is 0.322 e. The van der Waals surface area contributed by atoms with E-state index in [2.05, 4.69) is 13.2 Å². The van der Waals surface area contributed by atoms with Gasteiger partial charge in [0.05, 0.1) is 0 Å². The number of hydrogen-bond acceptors (Lipinski definition) is 2. The number of carboxylic acids is 2. The number of aliphatic carboxylic acids is 2. The molecule has 4 heteroatoms. The van der Waals surface area contributed by atoms with Crippen molar-refractivity contribution in [2.75, 3.05) is 0 Å². The van der Waals surface area contributed by atoms with Crippen LogP contribution in [0.3, 0.4) is 0 Å². The molecule has 0 aromatic heterocycles. The van der Waals surface area contributed by atoms with Gasteiger partial charge in [-0.2, -0.15) is 0 Å². The first-order valence-electron chi connectivity index (χ1n) is 5.98. The van der Waals surface area contributed by atoms with Gasteiger partial charge in [0.2, 0.25) is 0 Å². The van der Waals surface area contributed by atoms with Gasteiger partial charge < -0.3 is 10.2 Å². The monoisotopic (exact) mass is 272 g/mol. The van der Waals surface area contributed by atoms with Gasteiger partial charge in [0.1, 0.15) is 0 Å². The molecule has 20 heavy (non-hydrogen) atoms. The Balaban J connectivity index is 3.33. The third-order valence-electron chi connectivity index (χ3n) is 2.87. The molecule has 1 aliphatic carbocycles. The van der Waals surface area contributed by atoms with Gasteiger partial charge in [0.25, 0.3) is 0 Å². The summed E-state index contributed by atoms with van der Waals surface area (Å²) in [6.07, 6.45) is 13.2. The average Bonchev–Trinajstić information content (AvgIpc) is 2.38. The van der Waals surface area contributed by atoms with E-state index in [4.69, 9.17) is 10.2 Å². The number of hydrogen-bond donors (Lipinski definition) is 2. The SMILES string of the molecule is C=CC=C1C=CC=CC1C(=CC=C)C(C(=O)O)C(=O)O. The summed E-state index contributed by atoms with van der Waals surface area (Å²) in [4.78, 5) is 22.5. The van der Waals surface area contributed by atoms with Crippen LogP contribution in [0.4, 0.5) is 0 Å². The van der Waals surface area contributed by atoms with Crippen molar-refractivity contribution in [3.63, 3.8) is 0 Å². The Morgan fingerprint density at radius 2 is 1.80 bits per heavy atom. The van der Waals surface area contributed by atoms with Gasteiger partial charge in [0.15, 0.2) is 5.92 Å².